The van der Waals surface area contributed by atoms with E-state index >= 15 is 0 Å². The summed E-state index contributed by atoms with van der Waals surface area (Å²) in [6.07, 6.45) is 1.95. The molecule has 0 saturated carbocycles. The zero-order chi connectivity index (χ0) is 17.9. The molecule has 1 heterocycles. The molecule has 132 valence electrons. The Morgan fingerprint density at radius 2 is 1.62 bits per heavy atom. The summed E-state index contributed by atoms with van der Waals surface area (Å²) >= 11 is 6.37. The molecule has 5 nitrogen and oxygen atoms in total. The Morgan fingerprint density at radius 1 is 1.08 bits per heavy atom. The van der Waals surface area contributed by atoms with Gasteiger partial charge in [0, 0.05) is 22.3 Å². The average Bonchev–Trinajstić information content (AvgIpc) is 2.51. The summed E-state index contributed by atoms with van der Waals surface area (Å²) in [5.74, 6) is -1.23. The number of benzene rings is 1. The van der Waals surface area contributed by atoms with Gasteiger partial charge in [-0.05, 0) is 93.8 Å². The lowest BCUT2D eigenvalue weighted by Gasteiger charge is -2.35. The van der Waals surface area contributed by atoms with Crippen molar-refractivity contribution in [1.29, 1.82) is 0 Å². The molecule has 0 bridgehead atoms. The quantitative estimate of drug-likeness (QED) is 0.233. The molecule has 1 aliphatic rings. The van der Waals surface area contributed by atoms with Gasteiger partial charge in [-0.1, -0.05) is 0 Å². The minimum atomic E-state index is -0.970. The number of quaternary nitrogens is 1. The lowest BCUT2D eigenvalue weighted by molar-refractivity contribution is -0.665. The van der Waals surface area contributed by atoms with E-state index in [0.717, 1.165) is 36.6 Å². The lowest BCUT2D eigenvalue weighted by atomic mass is 9.83. The Morgan fingerprint density at radius 3 is 2.17 bits per heavy atom. The molecule has 0 atom stereocenters. The third-order valence-electron chi connectivity index (χ3n) is 4.10. The minimum absolute atomic E-state index is 0.262. The second kappa shape index (κ2) is 8.80. The van der Waals surface area contributed by atoms with Gasteiger partial charge in [-0.3, -0.25) is 0 Å². The molecule has 8 heteroatoms. The van der Waals surface area contributed by atoms with Gasteiger partial charge >= 0.3 is 11.9 Å². The van der Waals surface area contributed by atoms with E-state index in [4.69, 9.17) is 9.47 Å². The highest BCUT2D eigenvalue weighted by Crippen LogP contribution is 2.31. The number of ether oxygens (including phenoxy) is 2. The molecule has 0 aliphatic carbocycles. The number of hydrogen-bond acceptors (Lipinski definition) is 4. The summed E-state index contributed by atoms with van der Waals surface area (Å²) in [4.78, 5) is 24.3. The largest absolute Gasteiger partial charge is 0.451 e. The van der Waals surface area contributed by atoms with Gasteiger partial charge in [0.25, 0.3) is 0 Å². The summed E-state index contributed by atoms with van der Waals surface area (Å²) < 4.78 is 13.4. The maximum atomic E-state index is 12.2. The van der Waals surface area contributed by atoms with Crippen LogP contribution in [-0.4, -0.2) is 30.6 Å². The first-order chi connectivity index (χ1) is 11.2. The summed E-state index contributed by atoms with van der Waals surface area (Å²) in [6.45, 7) is 5.78. The molecule has 1 aliphatic heterocycles. The molecule has 2 rings (SSSR count). The third kappa shape index (κ3) is 5.40. The molecular formula is C16H19I3NO4+. The van der Waals surface area contributed by atoms with Crippen LogP contribution in [0, 0.1) is 16.6 Å². The van der Waals surface area contributed by atoms with Crippen molar-refractivity contribution >= 4 is 79.7 Å². The van der Waals surface area contributed by atoms with Crippen LogP contribution in [0.1, 0.15) is 26.7 Å². The van der Waals surface area contributed by atoms with Crippen molar-refractivity contribution < 1.29 is 24.4 Å². The van der Waals surface area contributed by atoms with E-state index in [1.807, 2.05) is 26.0 Å². The van der Waals surface area contributed by atoms with Crippen LogP contribution in [-0.2, 0) is 14.3 Å². The number of rotatable bonds is 3. The molecule has 0 spiro atoms. The molecule has 1 fully saturated rings. The van der Waals surface area contributed by atoms with Crippen LogP contribution < -0.4 is 10.1 Å². The summed E-state index contributed by atoms with van der Waals surface area (Å²) in [5.41, 5.74) is -0.670. The summed E-state index contributed by atoms with van der Waals surface area (Å²) in [6, 6.07) is 3.78. The number of carbonyl (C=O) groups is 2. The van der Waals surface area contributed by atoms with Gasteiger partial charge in [-0.15, -0.1) is 0 Å². The molecule has 0 radical (unpaired) electrons. The van der Waals surface area contributed by atoms with Gasteiger partial charge in [0.1, 0.15) is 5.60 Å². The Hall–Kier alpha value is 0.310. The number of hydrogen-bond donors (Lipinski definition) is 1. The van der Waals surface area contributed by atoms with E-state index in [1.165, 1.54) is 0 Å². The third-order valence-corrected chi connectivity index (χ3v) is 6.33. The zero-order valence-corrected chi connectivity index (χ0v) is 19.9. The van der Waals surface area contributed by atoms with Gasteiger partial charge in [0.15, 0.2) is 5.75 Å². The molecule has 24 heavy (non-hydrogen) atoms. The van der Waals surface area contributed by atoms with Crippen LogP contribution in [0.5, 0.6) is 5.75 Å². The van der Waals surface area contributed by atoms with Crippen LogP contribution >= 0.6 is 67.8 Å². The minimum Gasteiger partial charge on any atom is -0.451 e. The molecular weight excluding hydrogens is 651 g/mol. The maximum Gasteiger partial charge on any atom is 0.422 e. The standard InChI is InChI=1S/C16H18I3NO4/c1-16(2,9-3-5-20-6-4-9)24-15(22)14(21)23-13-11(18)7-10(17)8-12(13)19/h7-9,20H,3-6H2,1-2H3/p+1. The molecule has 1 saturated heterocycles. The Kier molecular flexibility index (Phi) is 7.56. The maximum absolute atomic E-state index is 12.2. The fourth-order valence-corrected chi connectivity index (χ4v) is 6.55. The first kappa shape index (κ1) is 20.6. The molecule has 1 aromatic rings. The second-order valence-corrected chi connectivity index (χ2v) is 9.79. The van der Waals surface area contributed by atoms with Crippen molar-refractivity contribution in [2.24, 2.45) is 5.92 Å². The number of esters is 2. The number of nitrogens with two attached hydrogens (primary N) is 1. The fraction of sp³-hybridized carbons (Fsp3) is 0.500. The zero-order valence-electron chi connectivity index (χ0n) is 13.4. The highest BCUT2D eigenvalue weighted by atomic mass is 127. The van der Waals surface area contributed by atoms with Crippen LogP contribution in [0.3, 0.4) is 0 Å². The van der Waals surface area contributed by atoms with Crippen molar-refractivity contribution in [3.8, 4) is 5.75 Å². The van der Waals surface area contributed by atoms with E-state index in [0.29, 0.717) is 5.75 Å². The van der Waals surface area contributed by atoms with Crippen LogP contribution in [0.2, 0.25) is 0 Å². The average molecular weight is 670 g/mol. The Labute approximate surface area is 182 Å². The van der Waals surface area contributed by atoms with Gasteiger partial charge in [0.2, 0.25) is 0 Å². The highest BCUT2D eigenvalue weighted by Gasteiger charge is 2.37. The van der Waals surface area contributed by atoms with Crippen LogP contribution in [0.4, 0.5) is 0 Å². The normalized spacial score (nSPS) is 15.9. The van der Waals surface area contributed by atoms with E-state index in [2.05, 4.69) is 73.1 Å². The van der Waals surface area contributed by atoms with Crippen LogP contribution in [0.25, 0.3) is 0 Å². The summed E-state index contributed by atoms with van der Waals surface area (Å²) in [7, 11) is 0. The molecule has 2 N–H and O–H groups in total. The fourth-order valence-electron chi connectivity index (χ4n) is 2.75. The summed E-state index contributed by atoms with van der Waals surface area (Å²) in [5, 5.41) is 2.25. The molecule has 0 unspecified atom stereocenters. The number of piperidine rings is 1. The van der Waals surface area contributed by atoms with E-state index in [-0.39, 0.29) is 5.92 Å². The Balaban J connectivity index is 2.03. The SMILES string of the molecule is CC(C)(OC(=O)C(=O)Oc1c(I)cc(I)cc1I)C1CC[NH2+]CC1. The predicted octanol–water partition coefficient (Wildman–Crippen LogP) is 2.70. The van der Waals surface area contributed by atoms with Gasteiger partial charge in [0.05, 0.1) is 20.2 Å². The number of halogens is 3. The van der Waals surface area contributed by atoms with Crippen molar-refractivity contribution in [2.75, 3.05) is 13.1 Å². The first-order valence-electron chi connectivity index (χ1n) is 7.62. The van der Waals surface area contributed by atoms with Crippen molar-refractivity contribution in [3.05, 3.63) is 22.8 Å². The lowest BCUT2D eigenvalue weighted by Crippen LogP contribution is -2.86. The van der Waals surface area contributed by atoms with Crippen molar-refractivity contribution in [2.45, 2.75) is 32.3 Å². The molecule has 0 aromatic heterocycles. The van der Waals surface area contributed by atoms with Crippen molar-refractivity contribution in [1.82, 2.24) is 0 Å². The Bertz CT molecular complexity index is 619. The smallest absolute Gasteiger partial charge is 0.422 e. The monoisotopic (exact) mass is 670 g/mol. The van der Waals surface area contributed by atoms with Gasteiger partial charge < -0.3 is 14.8 Å². The van der Waals surface area contributed by atoms with Gasteiger partial charge in [-0.25, -0.2) is 9.59 Å². The van der Waals surface area contributed by atoms with E-state index in [1.54, 1.807) is 0 Å². The predicted molar refractivity (Wildman–Crippen MR) is 115 cm³/mol. The molecule has 0 amide bonds. The van der Waals surface area contributed by atoms with E-state index in [9.17, 15) is 9.59 Å². The topological polar surface area (TPSA) is 69.2 Å². The van der Waals surface area contributed by atoms with E-state index < -0.39 is 17.5 Å². The van der Waals surface area contributed by atoms with Gasteiger partial charge in [-0.2, -0.15) is 0 Å². The number of carbonyl (C=O) groups excluding carboxylic acids is 2. The van der Waals surface area contributed by atoms with Crippen LogP contribution in [0.15, 0.2) is 12.1 Å². The highest BCUT2D eigenvalue weighted by molar-refractivity contribution is 14.1. The van der Waals surface area contributed by atoms with Crippen molar-refractivity contribution in [3.63, 3.8) is 0 Å². The second-order valence-electron chi connectivity index (χ2n) is 6.22. The first-order valence-corrected chi connectivity index (χ1v) is 10.9. The molecule has 1 aromatic carbocycles.